The highest BCUT2D eigenvalue weighted by Crippen LogP contribution is 2.46. The van der Waals surface area contributed by atoms with Crippen LogP contribution in [0.5, 0.6) is 0 Å². The fraction of sp³-hybridized carbons (Fsp3) is 0.176. The van der Waals surface area contributed by atoms with Crippen LogP contribution in [0.25, 0.3) is 22.5 Å². The van der Waals surface area contributed by atoms with Crippen molar-refractivity contribution in [2.24, 2.45) is 0 Å². The molecule has 0 spiro atoms. The van der Waals surface area contributed by atoms with Crippen LogP contribution < -0.4 is 5.32 Å². The van der Waals surface area contributed by atoms with Crippen LogP contribution in [-0.2, 0) is 0 Å². The minimum atomic E-state index is -0.269. The van der Waals surface area contributed by atoms with E-state index in [0.29, 0.717) is 17.4 Å². The molecule has 0 atom stereocenters. The van der Waals surface area contributed by atoms with Gasteiger partial charge in [0.25, 0.3) is 0 Å². The molecule has 5 heteroatoms. The first kappa shape index (κ1) is 11.9. The van der Waals surface area contributed by atoms with Crippen LogP contribution in [0.2, 0.25) is 0 Å². The standard InChI is InChI=1S/C17H13FN4/c18-10-5-6-11-13(8-10)20-17-12(2-1-7-19-17)15-14(11)21-16(22-15)9-3-4-9/h1-2,5-9H,3-4H2,(H,19,20)(H,21,22). The number of benzene rings is 1. The molecule has 3 aromatic rings. The molecule has 2 aliphatic rings. The monoisotopic (exact) mass is 292 g/mol. The molecule has 1 aliphatic carbocycles. The Morgan fingerprint density at radius 3 is 2.91 bits per heavy atom. The molecule has 2 aromatic heterocycles. The van der Waals surface area contributed by atoms with Crippen molar-refractivity contribution in [1.82, 2.24) is 15.0 Å². The number of aromatic nitrogens is 3. The van der Waals surface area contributed by atoms with Gasteiger partial charge >= 0.3 is 0 Å². The second-order valence-electron chi connectivity index (χ2n) is 5.83. The van der Waals surface area contributed by atoms with Crippen molar-refractivity contribution in [2.45, 2.75) is 18.8 Å². The molecule has 0 unspecified atom stereocenters. The first-order valence-electron chi connectivity index (χ1n) is 7.42. The smallest absolute Gasteiger partial charge is 0.139 e. The Balaban J connectivity index is 1.83. The van der Waals surface area contributed by atoms with Crippen molar-refractivity contribution in [3.05, 3.63) is 48.2 Å². The molecule has 5 rings (SSSR count). The van der Waals surface area contributed by atoms with E-state index < -0.39 is 0 Å². The molecule has 1 fully saturated rings. The third-order valence-electron chi connectivity index (χ3n) is 4.25. The van der Waals surface area contributed by atoms with E-state index in [9.17, 15) is 4.39 Å². The van der Waals surface area contributed by atoms with Crippen molar-refractivity contribution in [2.75, 3.05) is 5.32 Å². The fourth-order valence-corrected chi connectivity index (χ4v) is 2.99. The fourth-order valence-electron chi connectivity index (χ4n) is 2.99. The molecule has 1 aliphatic heterocycles. The number of imidazole rings is 1. The highest BCUT2D eigenvalue weighted by atomic mass is 19.1. The van der Waals surface area contributed by atoms with E-state index in [1.165, 1.54) is 25.0 Å². The van der Waals surface area contributed by atoms with Crippen LogP contribution in [0, 0.1) is 5.82 Å². The molecular formula is C17H13FN4. The zero-order valence-corrected chi connectivity index (χ0v) is 11.7. The number of nitrogens with one attached hydrogen (secondary N) is 2. The molecule has 2 N–H and O–H groups in total. The number of hydrogen-bond acceptors (Lipinski definition) is 3. The van der Waals surface area contributed by atoms with E-state index in [1.54, 1.807) is 12.3 Å². The molecular weight excluding hydrogens is 279 g/mol. The van der Waals surface area contributed by atoms with Gasteiger partial charge in [0.1, 0.15) is 23.2 Å². The maximum atomic E-state index is 13.6. The molecule has 108 valence electrons. The first-order valence-corrected chi connectivity index (χ1v) is 7.42. The Morgan fingerprint density at radius 1 is 1.14 bits per heavy atom. The molecule has 0 bridgehead atoms. The van der Waals surface area contributed by atoms with Crippen LogP contribution in [0.3, 0.4) is 0 Å². The van der Waals surface area contributed by atoms with Gasteiger partial charge in [0, 0.05) is 23.2 Å². The van der Waals surface area contributed by atoms with Gasteiger partial charge in [0.05, 0.1) is 11.4 Å². The third kappa shape index (κ3) is 1.68. The summed E-state index contributed by atoms with van der Waals surface area (Å²) in [6.07, 6.45) is 4.09. The Bertz CT molecular complexity index is 895. The van der Waals surface area contributed by atoms with Gasteiger partial charge in [0.15, 0.2) is 0 Å². The van der Waals surface area contributed by atoms with Gasteiger partial charge in [0.2, 0.25) is 0 Å². The Labute approximate surface area is 126 Å². The molecule has 3 heterocycles. The second kappa shape index (κ2) is 4.16. The summed E-state index contributed by atoms with van der Waals surface area (Å²) in [6.45, 7) is 0. The number of fused-ring (bicyclic) bond motifs is 5. The molecule has 0 saturated heterocycles. The lowest BCUT2D eigenvalue weighted by Gasteiger charge is -2.08. The second-order valence-corrected chi connectivity index (χ2v) is 5.83. The van der Waals surface area contributed by atoms with Crippen molar-refractivity contribution in [3.8, 4) is 22.5 Å². The maximum absolute atomic E-state index is 13.6. The van der Waals surface area contributed by atoms with Crippen molar-refractivity contribution in [1.29, 1.82) is 0 Å². The lowest BCUT2D eigenvalue weighted by Crippen LogP contribution is -1.96. The largest absolute Gasteiger partial charge is 0.341 e. The van der Waals surface area contributed by atoms with Gasteiger partial charge in [-0.15, -0.1) is 0 Å². The van der Waals surface area contributed by atoms with E-state index >= 15 is 0 Å². The number of halogens is 1. The average Bonchev–Trinajstić information content (AvgIpc) is 3.30. The Kier molecular flexibility index (Phi) is 2.25. The quantitative estimate of drug-likeness (QED) is 0.552. The first-order chi connectivity index (χ1) is 10.8. The highest BCUT2D eigenvalue weighted by Gasteiger charge is 2.30. The zero-order valence-electron chi connectivity index (χ0n) is 11.7. The van der Waals surface area contributed by atoms with Gasteiger partial charge in [-0.1, -0.05) is 0 Å². The van der Waals surface area contributed by atoms with Gasteiger partial charge < -0.3 is 10.3 Å². The molecule has 0 radical (unpaired) electrons. The Morgan fingerprint density at radius 2 is 2.05 bits per heavy atom. The minimum Gasteiger partial charge on any atom is -0.341 e. The van der Waals surface area contributed by atoms with Gasteiger partial charge in [-0.2, -0.15) is 0 Å². The van der Waals surface area contributed by atoms with E-state index in [2.05, 4.69) is 15.3 Å². The maximum Gasteiger partial charge on any atom is 0.139 e. The van der Waals surface area contributed by atoms with Crippen LogP contribution >= 0.6 is 0 Å². The van der Waals surface area contributed by atoms with E-state index in [4.69, 9.17) is 4.98 Å². The summed E-state index contributed by atoms with van der Waals surface area (Å²) in [7, 11) is 0. The number of pyridine rings is 1. The van der Waals surface area contributed by atoms with E-state index in [0.717, 1.165) is 28.3 Å². The predicted octanol–water partition coefficient (Wildman–Crippen LogP) is 4.21. The number of H-pyrrole nitrogens is 1. The van der Waals surface area contributed by atoms with Gasteiger partial charge in [-0.3, -0.25) is 0 Å². The summed E-state index contributed by atoms with van der Waals surface area (Å²) >= 11 is 0. The number of hydrogen-bond donors (Lipinski definition) is 2. The third-order valence-corrected chi connectivity index (χ3v) is 4.25. The minimum absolute atomic E-state index is 0.269. The molecule has 1 saturated carbocycles. The summed E-state index contributed by atoms with van der Waals surface area (Å²) in [5.41, 5.74) is 4.41. The lowest BCUT2D eigenvalue weighted by molar-refractivity contribution is 0.628. The summed E-state index contributed by atoms with van der Waals surface area (Å²) in [5.74, 6) is 2.00. The van der Waals surface area contributed by atoms with Crippen molar-refractivity contribution >= 4 is 11.5 Å². The topological polar surface area (TPSA) is 53.6 Å². The number of anilines is 2. The number of rotatable bonds is 1. The van der Waals surface area contributed by atoms with Crippen LogP contribution in [0.15, 0.2) is 36.5 Å². The summed E-state index contributed by atoms with van der Waals surface area (Å²) in [5, 5.41) is 3.23. The summed E-state index contributed by atoms with van der Waals surface area (Å²) in [4.78, 5) is 12.6. The Hall–Kier alpha value is -2.69. The average molecular weight is 292 g/mol. The van der Waals surface area contributed by atoms with Crippen molar-refractivity contribution < 1.29 is 4.39 Å². The SMILES string of the molecule is Fc1ccc2c(c1)Nc1ncccc1-c1nc(C3CC3)[nH]c1-2. The summed E-state index contributed by atoms with van der Waals surface area (Å²) in [6, 6.07) is 8.66. The van der Waals surface area contributed by atoms with Crippen LogP contribution in [0.4, 0.5) is 15.9 Å². The summed E-state index contributed by atoms with van der Waals surface area (Å²) < 4.78 is 13.6. The molecule has 4 nitrogen and oxygen atoms in total. The van der Waals surface area contributed by atoms with Crippen molar-refractivity contribution in [3.63, 3.8) is 0 Å². The lowest BCUT2D eigenvalue weighted by atomic mass is 10.1. The molecule has 1 aromatic carbocycles. The van der Waals surface area contributed by atoms with E-state index in [-0.39, 0.29) is 5.82 Å². The number of aromatic amines is 1. The highest BCUT2D eigenvalue weighted by molar-refractivity contribution is 5.94. The van der Waals surface area contributed by atoms with Crippen LogP contribution in [-0.4, -0.2) is 15.0 Å². The van der Waals surface area contributed by atoms with E-state index in [1.807, 2.05) is 12.1 Å². The molecule has 0 amide bonds. The normalized spacial score (nSPS) is 15.3. The predicted molar refractivity (Wildman–Crippen MR) is 82.5 cm³/mol. The van der Waals surface area contributed by atoms with Gasteiger partial charge in [-0.05, 0) is 43.2 Å². The molecule has 22 heavy (non-hydrogen) atoms. The number of nitrogens with zero attached hydrogens (tertiary/aromatic N) is 2. The zero-order chi connectivity index (χ0) is 14.7. The van der Waals surface area contributed by atoms with Gasteiger partial charge in [-0.25, -0.2) is 14.4 Å². The van der Waals surface area contributed by atoms with Crippen LogP contribution in [0.1, 0.15) is 24.6 Å².